The van der Waals surface area contributed by atoms with Crippen LogP contribution in [0.1, 0.15) is 12.2 Å². The second-order valence-electron chi connectivity index (χ2n) is 4.60. The summed E-state index contributed by atoms with van der Waals surface area (Å²) in [4.78, 5) is 8.43. The Balaban J connectivity index is 1.65. The lowest BCUT2D eigenvalue weighted by molar-refractivity contribution is 0.806. The molecule has 0 atom stereocenters. The molecule has 3 aromatic rings. The van der Waals surface area contributed by atoms with Crippen LogP contribution in [0.4, 0.5) is 11.4 Å². The van der Waals surface area contributed by atoms with Gasteiger partial charge in [-0.25, -0.2) is 4.98 Å². The zero-order valence-electron chi connectivity index (χ0n) is 11.0. The number of aromatic nitrogens is 4. The Morgan fingerprint density at radius 1 is 1.20 bits per heavy atom. The Hall–Kier alpha value is -2.63. The van der Waals surface area contributed by atoms with Crippen LogP contribution in [0.15, 0.2) is 36.8 Å². The van der Waals surface area contributed by atoms with Crippen molar-refractivity contribution < 1.29 is 0 Å². The highest BCUT2D eigenvalue weighted by atomic mass is 15.2. The van der Waals surface area contributed by atoms with Gasteiger partial charge in [0, 0.05) is 35.9 Å². The third-order valence-electron chi connectivity index (χ3n) is 3.14. The van der Waals surface area contributed by atoms with E-state index in [0.29, 0.717) is 0 Å². The smallest absolute Gasteiger partial charge is 0.137 e. The number of aryl methyl sites for hydroxylation is 1. The normalized spacial score (nSPS) is 10.8. The van der Waals surface area contributed by atoms with Gasteiger partial charge in [0.2, 0.25) is 0 Å². The van der Waals surface area contributed by atoms with Gasteiger partial charge in [0.25, 0.3) is 0 Å². The van der Waals surface area contributed by atoms with Gasteiger partial charge in [-0.3, -0.25) is 10.1 Å². The first kappa shape index (κ1) is 12.4. The van der Waals surface area contributed by atoms with Crippen molar-refractivity contribution in [3.63, 3.8) is 0 Å². The molecule has 102 valence electrons. The van der Waals surface area contributed by atoms with Crippen LogP contribution in [-0.2, 0) is 6.42 Å². The molecular formula is C14H16N6. The minimum absolute atomic E-state index is 0.729. The van der Waals surface area contributed by atoms with Crippen molar-refractivity contribution in [1.29, 1.82) is 0 Å². The molecule has 6 nitrogen and oxygen atoms in total. The number of nitrogens with one attached hydrogen (secondary N) is 2. The number of hydrogen-bond acceptors (Lipinski definition) is 5. The SMILES string of the molecule is Nc1ccc2c(NCCCc3ncn[nH]3)ccnc2c1. The van der Waals surface area contributed by atoms with Gasteiger partial charge in [-0.2, -0.15) is 5.10 Å². The number of nitrogens with two attached hydrogens (primary N) is 1. The number of benzene rings is 1. The number of H-pyrrole nitrogens is 1. The minimum Gasteiger partial charge on any atom is -0.399 e. The van der Waals surface area contributed by atoms with Gasteiger partial charge in [0.15, 0.2) is 0 Å². The summed E-state index contributed by atoms with van der Waals surface area (Å²) in [6, 6.07) is 7.75. The van der Waals surface area contributed by atoms with Gasteiger partial charge < -0.3 is 11.1 Å². The molecule has 4 N–H and O–H groups in total. The molecule has 2 aromatic heterocycles. The summed E-state index contributed by atoms with van der Waals surface area (Å²) in [5.74, 6) is 0.916. The number of nitrogens with zero attached hydrogens (tertiary/aromatic N) is 3. The van der Waals surface area contributed by atoms with E-state index in [1.165, 1.54) is 6.33 Å². The first-order valence-electron chi connectivity index (χ1n) is 6.55. The summed E-state index contributed by atoms with van der Waals surface area (Å²) < 4.78 is 0. The highest BCUT2D eigenvalue weighted by molar-refractivity contribution is 5.92. The van der Waals surface area contributed by atoms with Crippen LogP contribution in [0, 0.1) is 0 Å². The Bertz CT molecular complexity index is 692. The standard InChI is InChI=1S/C14H16N6/c15-10-3-4-11-12(5-7-17-13(11)8-10)16-6-1-2-14-18-9-19-20-14/h3-5,7-9H,1-2,6,15H2,(H,16,17)(H,18,19,20). The molecule has 6 heteroatoms. The number of nitrogen functional groups attached to an aromatic ring is 1. The molecule has 0 fully saturated rings. The molecule has 2 heterocycles. The lowest BCUT2D eigenvalue weighted by Gasteiger charge is -2.09. The van der Waals surface area contributed by atoms with E-state index in [0.717, 1.165) is 47.5 Å². The van der Waals surface area contributed by atoms with Gasteiger partial charge >= 0.3 is 0 Å². The van der Waals surface area contributed by atoms with E-state index >= 15 is 0 Å². The predicted molar refractivity (Wildman–Crippen MR) is 79.3 cm³/mol. The molecule has 1 aromatic carbocycles. The van der Waals surface area contributed by atoms with Crippen LogP contribution < -0.4 is 11.1 Å². The zero-order chi connectivity index (χ0) is 13.8. The van der Waals surface area contributed by atoms with Crippen molar-refractivity contribution in [3.05, 3.63) is 42.6 Å². The van der Waals surface area contributed by atoms with Crippen molar-refractivity contribution in [2.75, 3.05) is 17.6 Å². The second kappa shape index (κ2) is 5.56. The van der Waals surface area contributed by atoms with Crippen molar-refractivity contribution >= 4 is 22.3 Å². The molecule has 20 heavy (non-hydrogen) atoms. The molecule has 0 saturated carbocycles. The monoisotopic (exact) mass is 268 g/mol. The fraction of sp³-hybridized carbons (Fsp3) is 0.214. The maximum absolute atomic E-state index is 5.77. The van der Waals surface area contributed by atoms with Crippen LogP contribution >= 0.6 is 0 Å². The van der Waals surface area contributed by atoms with Gasteiger partial charge in [-0.1, -0.05) is 0 Å². The molecule has 0 aliphatic rings. The summed E-state index contributed by atoms with van der Waals surface area (Å²) in [6.07, 6.45) is 5.18. The molecule has 0 aliphatic carbocycles. The van der Waals surface area contributed by atoms with Crippen molar-refractivity contribution in [3.8, 4) is 0 Å². The maximum atomic E-state index is 5.77. The van der Waals surface area contributed by atoms with Crippen LogP contribution in [0.3, 0.4) is 0 Å². The molecule has 0 saturated heterocycles. The van der Waals surface area contributed by atoms with Gasteiger partial charge in [-0.15, -0.1) is 0 Å². The van der Waals surface area contributed by atoms with E-state index in [1.807, 2.05) is 24.3 Å². The summed E-state index contributed by atoms with van der Waals surface area (Å²) in [7, 11) is 0. The lowest BCUT2D eigenvalue weighted by atomic mass is 10.1. The third kappa shape index (κ3) is 2.69. The van der Waals surface area contributed by atoms with Crippen molar-refractivity contribution in [1.82, 2.24) is 20.2 Å². The highest BCUT2D eigenvalue weighted by Crippen LogP contribution is 2.23. The van der Waals surface area contributed by atoms with Crippen molar-refractivity contribution in [2.24, 2.45) is 0 Å². The molecule has 0 unspecified atom stereocenters. The van der Waals surface area contributed by atoms with Crippen LogP contribution in [0.5, 0.6) is 0 Å². The molecular weight excluding hydrogens is 252 g/mol. The number of hydrogen-bond donors (Lipinski definition) is 3. The average molecular weight is 268 g/mol. The second-order valence-corrected chi connectivity index (χ2v) is 4.60. The third-order valence-corrected chi connectivity index (χ3v) is 3.14. The summed E-state index contributed by atoms with van der Waals surface area (Å²) >= 11 is 0. The van der Waals surface area contributed by atoms with E-state index in [9.17, 15) is 0 Å². The fourth-order valence-corrected chi connectivity index (χ4v) is 2.15. The lowest BCUT2D eigenvalue weighted by Crippen LogP contribution is -2.04. The number of pyridine rings is 1. The maximum Gasteiger partial charge on any atom is 0.137 e. The summed E-state index contributed by atoms with van der Waals surface area (Å²) in [5.41, 5.74) is 8.49. The largest absolute Gasteiger partial charge is 0.399 e. The van der Waals surface area contributed by atoms with Gasteiger partial charge in [0.05, 0.1) is 5.52 Å². The fourth-order valence-electron chi connectivity index (χ4n) is 2.15. The predicted octanol–water partition coefficient (Wildman–Crippen LogP) is 1.98. The minimum atomic E-state index is 0.729. The number of aromatic amines is 1. The molecule has 3 rings (SSSR count). The molecule has 0 amide bonds. The van der Waals surface area contributed by atoms with Crippen LogP contribution in [-0.4, -0.2) is 26.7 Å². The Morgan fingerprint density at radius 3 is 3.00 bits per heavy atom. The van der Waals surface area contributed by atoms with Gasteiger partial charge in [-0.05, 0) is 30.7 Å². The van der Waals surface area contributed by atoms with E-state index in [4.69, 9.17) is 5.73 Å². The number of rotatable bonds is 5. The first-order valence-corrected chi connectivity index (χ1v) is 6.55. The summed E-state index contributed by atoms with van der Waals surface area (Å²) in [5, 5.41) is 11.2. The topological polar surface area (TPSA) is 92.5 Å². The zero-order valence-corrected chi connectivity index (χ0v) is 11.0. The molecule has 0 aliphatic heterocycles. The van der Waals surface area contributed by atoms with E-state index in [2.05, 4.69) is 25.5 Å². The Kier molecular flexibility index (Phi) is 3.45. The molecule has 0 radical (unpaired) electrons. The van der Waals surface area contributed by atoms with E-state index in [1.54, 1.807) is 6.20 Å². The van der Waals surface area contributed by atoms with Crippen LogP contribution in [0.25, 0.3) is 10.9 Å². The number of fused-ring (bicyclic) bond motifs is 1. The Morgan fingerprint density at radius 2 is 2.15 bits per heavy atom. The van der Waals surface area contributed by atoms with Gasteiger partial charge in [0.1, 0.15) is 12.2 Å². The molecule has 0 spiro atoms. The Labute approximate surface area is 116 Å². The van der Waals surface area contributed by atoms with Crippen LogP contribution in [0.2, 0.25) is 0 Å². The van der Waals surface area contributed by atoms with E-state index in [-0.39, 0.29) is 0 Å². The van der Waals surface area contributed by atoms with E-state index < -0.39 is 0 Å². The average Bonchev–Trinajstić information content (AvgIpc) is 2.96. The quantitative estimate of drug-likeness (QED) is 0.486. The highest BCUT2D eigenvalue weighted by Gasteiger charge is 2.02. The summed E-state index contributed by atoms with van der Waals surface area (Å²) in [6.45, 7) is 0.865. The first-order chi connectivity index (χ1) is 9.83. The number of anilines is 2. The van der Waals surface area contributed by atoms with Crippen molar-refractivity contribution in [2.45, 2.75) is 12.8 Å². The molecule has 0 bridgehead atoms.